The van der Waals surface area contributed by atoms with Crippen molar-refractivity contribution in [3.8, 4) is 5.75 Å². The van der Waals surface area contributed by atoms with E-state index in [9.17, 15) is 8.42 Å². The van der Waals surface area contributed by atoms with E-state index < -0.39 is 15.4 Å². The Bertz CT molecular complexity index is 480. The van der Waals surface area contributed by atoms with Crippen LogP contribution in [0.3, 0.4) is 0 Å². The first-order valence-corrected chi connectivity index (χ1v) is 8.43. The molecule has 0 aliphatic rings. The van der Waals surface area contributed by atoms with Gasteiger partial charge in [0.2, 0.25) is 0 Å². The van der Waals surface area contributed by atoms with Gasteiger partial charge in [-0.25, -0.2) is 0 Å². The standard InChI is InChI=1S/C15H24O3S/c1-4-5-6-7-11-14(3)19(16,17)18-15-12-9-8-10-13(15)2/h8-10,12,14H,4-7,11H2,1-3H3. The quantitative estimate of drug-likeness (QED) is 0.534. The van der Waals surface area contributed by atoms with Gasteiger partial charge in [0.25, 0.3) is 0 Å². The summed E-state index contributed by atoms with van der Waals surface area (Å²) in [6.07, 6.45) is 4.99. The maximum Gasteiger partial charge on any atom is 0.311 e. The van der Waals surface area contributed by atoms with E-state index in [-0.39, 0.29) is 0 Å². The van der Waals surface area contributed by atoms with E-state index in [0.29, 0.717) is 12.2 Å². The molecular weight excluding hydrogens is 260 g/mol. The molecular formula is C15H24O3S. The van der Waals surface area contributed by atoms with Gasteiger partial charge < -0.3 is 4.18 Å². The number of aryl methyl sites for hydroxylation is 1. The SMILES string of the molecule is CCCCCCC(C)S(=O)(=O)Oc1ccccc1C. The van der Waals surface area contributed by atoms with Crippen molar-refractivity contribution in [1.82, 2.24) is 0 Å². The van der Waals surface area contributed by atoms with Crippen LogP contribution in [0, 0.1) is 6.92 Å². The largest absolute Gasteiger partial charge is 0.382 e. The minimum absolute atomic E-state index is 0.433. The number of para-hydroxylation sites is 1. The molecule has 0 amide bonds. The molecule has 1 aromatic carbocycles. The number of rotatable bonds is 8. The van der Waals surface area contributed by atoms with Gasteiger partial charge in [-0.3, -0.25) is 0 Å². The third-order valence-electron chi connectivity index (χ3n) is 3.26. The predicted molar refractivity (Wildman–Crippen MR) is 78.9 cm³/mol. The lowest BCUT2D eigenvalue weighted by molar-refractivity contribution is 0.464. The Balaban J connectivity index is 2.58. The summed E-state index contributed by atoms with van der Waals surface area (Å²) >= 11 is 0. The first-order chi connectivity index (χ1) is 8.97. The van der Waals surface area contributed by atoms with Crippen LogP contribution in [0.25, 0.3) is 0 Å². The second kappa shape index (κ2) is 7.53. The molecule has 1 aromatic rings. The van der Waals surface area contributed by atoms with Crippen molar-refractivity contribution in [3.05, 3.63) is 29.8 Å². The fraction of sp³-hybridized carbons (Fsp3) is 0.600. The van der Waals surface area contributed by atoms with E-state index in [4.69, 9.17) is 4.18 Å². The van der Waals surface area contributed by atoms with Gasteiger partial charge in [0.15, 0.2) is 0 Å². The molecule has 0 saturated carbocycles. The Morgan fingerprint density at radius 2 is 1.84 bits per heavy atom. The summed E-state index contributed by atoms with van der Waals surface area (Å²) in [6, 6.07) is 7.18. The molecule has 0 saturated heterocycles. The molecule has 0 N–H and O–H groups in total. The zero-order valence-corrected chi connectivity index (χ0v) is 12.9. The van der Waals surface area contributed by atoms with E-state index in [1.54, 1.807) is 19.1 Å². The van der Waals surface area contributed by atoms with Crippen molar-refractivity contribution >= 4 is 10.1 Å². The minimum atomic E-state index is -3.52. The van der Waals surface area contributed by atoms with E-state index in [1.807, 2.05) is 19.1 Å². The van der Waals surface area contributed by atoms with Crippen molar-refractivity contribution in [2.75, 3.05) is 0 Å². The van der Waals surface area contributed by atoms with Crippen LogP contribution in [0.2, 0.25) is 0 Å². The lowest BCUT2D eigenvalue weighted by Crippen LogP contribution is -2.23. The number of hydrogen-bond acceptors (Lipinski definition) is 3. The van der Waals surface area contributed by atoms with Gasteiger partial charge in [-0.1, -0.05) is 50.8 Å². The van der Waals surface area contributed by atoms with E-state index >= 15 is 0 Å². The van der Waals surface area contributed by atoms with Gasteiger partial charge in [0, 0.05) is 0 Å². The van der Waals surface area contributed by atoms with Crippen molar-refractivity contribution in [1.29, 1.82) is 0 Å². The van der Waals surface area contributed by atoms with Gasteiger partial charge in [-0.05, 0) is 31.9 Å². The van der Waals surface area contributed by atoms with Crippen molar-refractivity contribution in [2.24, 2.45) is 0 Å². The molecule has 1 unspecified atom stereocenters. The summed E-state index contributed by atoms with van der Waals surface area (Å²) in [4.78, 5) is 0. The van der Waals surface area contributed by atoms with Crippen molar-refractivity contribution < 1.29 is 12.6 Å². The van der Waals surface area contributed by atoms with Crippen molar-refractivity contribution in [3.63, 3.8) is 0 Å². The molecule has 0 fully saturated rings. The predicted octanol–water partition coefficient (Wildman–Crippen LogP) is 4.06. The van der Waals surface area contributed by atoms with Gasteiger partial charge >= 0.3 is 10.1 Å². The summed E-state index contributed by atoms with van der Waals surface area (Å²) < 4.78 is 29.4. The van der Waals surface area contributed by atoms with Gasteiger partial charge in [-0.15, -0.1) is 0 Å². The molecule has 0 aromatic heterocycles. The normalized spacial score (nSPS) is 13.2. The average Bonchev–Trinajstić information content (AvgIpc) is 2.37. The molecule has 0 aliphatic heterocycles. The van der Waals surface area contributed by atoms with E-state index in [2.05, 4.69) is 6.92 Å². The van der Waals surface area contributed by atoms with Crippen LogP contribution in [0.1, 0.15) is 51.5 Å². The molecule has 0 spiro atoms. The van der Waals surface area contributed by atoms with Crippen molar-refractivity contribution in [2.45, 2.75) is 58.1 Å². The smallest absolute Gasteiger partial charge is 0.311 e. The Morgan fingerprint density at radius 3 is 2.47 bits per heavy atom. The second-order valence-electron chi connectivity index (χ2n) is 5.00. The summed E-state index contributed by atoms with van der Waals surface area (Å²) in [7, 11) is -3.52. The topological polar surface area (TPSA) is 43.4 Å². The second-order valence-corrected chi connectivity index (χ2v) is 6.96. The summed E-state index contributed by atoms with van der Waals surface area (Å²) in [5, 5.41) is -0.455. The zero-order chi connectivity index (χ0) is 14.3. The molecule has 4 heteroatoms. The molecule has 1 rings (SSSR count). The van der Waals surface area contributed by atoms with Crippen LogP contribution in [0.5, 0.6) is 5.75 Å². The molecule has 0 bridgehead atoms. The number of hydrogen-bond donors (Lipinski definition) is 0. The summed E-state index contributed by atoms with van der Waals surface area (Å²) in [5.41, 5.74) is 0.837. The Labute approximate surface area is 117 Å². The zero-order valence-electron chi connectivity index (χ0n) is 12.1. The molecule has 1 atom stereocenters. The highest BCUT2D eigenvalue weighted by Crippen LogP contribution is 2.21. The van der Waals surface area contributed by atoms with Crippen LogP contribution < -0.4 is 4.18 Å². The summed E-state index contributed by atoms with van der Waals surface area (Å²) in [5.74, 6) is 0.433. The molecule has 3 nitrogen and oxygen atoms in total. The molecule has 0 radical (unpaired) electrons. The Hall–Kier alpha value is -1.03. The maximum absolute atomic E-state index is 12.1. The van der Waals surface area contributed by atoms with Crippen LogP contribution in [0.4, 0.5) is 0 Å². The highest BCUT2D eigenvalue weighted by Gasteiger charge is 2.23. The monoisotopic (exact) mass is 284 g/mol. The lowest BCUT2D eigenvalue weighted by atomic mass is 10.1. The van der Waals surface area contributed by atoms with E-state index in [1.165, 1.54) is 0 Å². The lowest BCUT2D eigenvalue weighted by Gasteiger charge is -2.14. The van der Waals surface area contributed by atoms with Gasteiger partial charge in [0.1, 0.15) is 5.75 Å². The average molecular weight is 284 g/mol. The first kappa shape index (κ1) is 16.0. The highest BCUT2D eigenvalue weighted by atomic mass is 32.2. The highest BCUT2D eigenvalue weighted by molar-refractivity contribution is 7.87. The maximum atomic E-state index is 12.1. The first-order valence-electron chi connectivity index (χ1n) is 6.96. The molecule has 19 heavy (non-hydrogen) atoms. The minimum Gasteiger partial charge on any atom is -0.382 e. The van der Waals surface area contributed by atoms with Crippen LogP contribution in [0.15, 0.2) is 24.3 Å². The Morgan fingerprint density at radius 1 is 1.16 bits per heavy atom. The molecule has 108 valence electrons. The third-order valence-corrected chi connectivity index (χ3v) is 4.89. The van der Waals surface area contributed by atoms with Crippen LogP contribution in [-0.4, -0.2) is 13.7 Å². The summed E-state index contributed by atoms with van der Waals surface area (Å²) in [6.45, 7) is 5.71. The van der Waals surface area contributed by atoms with Crippen LogP contribution in [-0.2, 0) is 10.1 Å². The third kappa shape index (κ3) is 5.23. The molecule has 0 aliphatic carbocycles. The number of benzene rings is 1. The van der Waals surface area contributed by atoms with Crippen LogP contribution >= 0.6 is 0 Å². The van der Waals surface area contributed by atoms with Gasteiger partial charge in [-0.2, -0.15) is 8.42 Å². The van der Waals surface area contributed by atoms with Gasteiger partial charge in [0.05, 0.1) is 5.25 Å². The molecule has 0 heterocycles. The fourth-order valence-corrected chi connectivity index (χ4v) is 2.92. The Kier molecular flexibility index (Phi) is 6.35. The number of unbranched alkanes of at least 4 members (excludes halogenated alkanes) is 3. The fourth-order valence-electron chi connectivity index (χ4n) is 1.86. The van der Waals surface area contributed by atoms with E-state index in [0.717, 1.165) is 31.2 Å².